The Kier molecular flexibility index (Phi) is 3.28. The number of nitrogens with one attached hydrogen (secondary N) is 2. The molecule has 7 heteroatoms. The lowest BCUT2D eigenvalue weighted by Gasteiger charge is -2.18. The first kappa shape index (κ1) is 15.9. The van der Waals surface area contributed by atoms with E-state index in [9.17, 15) is 4.79 Å². The van der Waals surface area contributed by atoms with Crippen molar-refractivity contribution in [1.29, 1.82) is 0 Å². The predicted molar refractivity (Wildman–Crippen MR) is 105 cm³/mol. The van der Waals surface area contributed by atoms with Crippen LogP contribution in [-0.2, 0) is 22.4 Å². The molecule has 2 N–H and O–H groups in total. The molecule has 2 aliphatic heterocycles. The summed E-state index contributed by atoms with van der Waals surface area (Å²) in [6.07, 6.45) is 1.03. The van der Waals surface area contributed by atoms with Gasteiger partial charge in [-0.1, -0.05) is 0 Å². The highest BCUT2D eigenvalue weighted by Gasteiger charge is 2.43. The SMILES string of the molecule is CCN1C(=O)C(C)(C)c2cc3nc(-c4n[nH]c5c4CSCC5)[nH]c3cc21. The summed E-state index contributed by atoms with van der Waals surface area (Å²) in [5.41, 5.74) is 6.77. The van der Waals surface area contributed by atoms with Crippen LogP contribution < -0.4 is 4.90 Å². The van der Waals surface area contributed by atoms with Crippen molar-refractivity contribution in [3.8, 4) is 11.5 Å². The minimum absolute atomic E-state index is 0.154. The molecule has 1 aromatic carbocycles. The maximum absolute atomic E-state index is 12.7. The Morgan fingerprint density at radius 3 is 3.00 bits per heavy atom. The molecule has 5 rings (SSSR count). The number of anilines is 1. The molecule has 0 fully saturated rings. The molecule has 0 saturated heterocycles. The average molecular weight is 367 g/mol. The van der Waals surface area contributed by atoms with Crippen molar-refractivity contribution < 1.29 is 4.79 Å². The summed E-state index contributed by atoms with van der Waals surface area (Å²) >= 11 is 1.93. The van der Waals surface area contributed by atoms with Gasteiger partial charge in [-0.15, -0.1) is 0 Å². The lowest BCUT2D eigenvalue weighted by atomic mass is 9.86. The fourth-order valence-corrected chi connectivity index (χ4v) is 5.07. The molecule has 2 aliphatic rings. The fourth-order valence-electron chi connectivity index (χ4n) is 4.07. The fraction of sp³-hybridized carbons (Fsp3) is 0.421. The Balaban J connectivity index is 1.67. The number of hydrogen-bond donors (Lipinski definition) is 2. The van der Waals surface area contributed by atoms with Gasteiger partial charge in [0.25, 0.3) is 0 Å². The summed E-state index contributed by atoms with van der Waals surface area (Å²) in [4.78, 5) is 22.8. The summed E-state index contributed by atoms with van der Waals surface area (Å²) in [5, 5.41) is 7.69. The first-order chi connectivity index (χ1) is 12.5. The van der Waals surface area contributed by atoms with E-state index in [4.69, 9.17) is 4.98 Å². The van der Waals surface area contributed by atoms with Gasteiger partial charge >= 0.3 is 0 Å². The molecule has 6 nitrogen and oxygen atoms in total. The van der Waals surface area contributed by atoms with E-state index in [2.05, 4.69) is 27.3 Å². The molecule has 0 aliphatic carbocycles. The van der Waals surface area contributed by atoms with E-state index in [1.165, 1.54) is 11.3 Å². The topological polar surface area (TPSA) is 77.7 Å². The second kappa shape index (κ2) is 5.36. The quantitative estimate of drug-likeness (QED) is 0.728. The van der Waals surface area contributed by atoms with Crippen molar-refractivity contribution in [2.24, 2.45) is 0 Å². The Labute approximate surface area is 155 Å². The van der Waals surface area contributed by atoms with Crippen LogP contribution in [0.2, 0.25) is 0 Å². The molecule has 26 heavy (non-hydrogen) atoms. The molecule has 0 radical (unpaired) electrons. The molecular formula is C19H21N5OS. The lowest BCUT2D eigenvalue weighted by molar-refractivity contribution is -0.122. The van der Waals surface area contributed by atoms with E-state index < -0.39 is 5.41 Å². The van der Waals surface area contributed by atoms with E-state index in [-0.39, 0.29) is 5.91 Å². The second-order valence-electron chi connectivity index (χ2n) is 7.48. The van der Waals surface area contributed by atoms with E-state index in [0.29, 0.717) is 6.54 Å². The summed E-state index contributed by atoms with van der Waals surface area (Å²) < 4.78 is 0. The standard InChI is InChI=1S/C19H21N5OS/c1-4-24-15-8-14-13(7-11(15)19(2,3)18(24)25)20-17(21-14)16-10-9-26-6-5-12(10)22-23-16/h7-8H,4-6,9H2,1-3H3,(H,20,21)(H,22,23). The number of H-pyrrole nitrogens is 2. The molecule has 4 heterocycles. The van der Waals surface area contributed by atoms with Gasteiger partial charge in [-0.2, -0.15) is 16.9 Å². The molecule has 0 bridgehead atoms. The Morgan fingerprint density at radius 2 is 2.19 bits per heavy atom. The molecule has 0 atom stereocenters. The molecule has 2 aromatic heterocycles. The van der Waals surface area contributed by atoms with Crippen LogP contribution in [0.15, 0.2) is 12.1 Å². The highest BCUT2D eigenvalue weighted by Crippen LogP contribution is 2.43. The largest absolute Gasteiger partial charge is 0.337 e. The third-order valence-electron chi connectivity index (χ3n) is 5.58. The summed E-state index contributed by atoms with van der Waals surface area (Å²) in [6.45, 7) is 6.67. The van der Waals surface area contributed by atoms with Gasteiger partial charge in [-0.25, -0.2) is 4.98 Å². The smallest absolute Gasteiger partial charge is 0.237 e. The zero-order valence-electron chi connectivity index (χ0n) is 15.1. The van der Waals surface area contributed by atoms with Crippen molar-refractivity contribution in [3.05, 3.63) is 29.0 Å². The van der Waals surface area contributed by atoms with Crippen molar-refractivity contribution in [3.63, 3.8) is 0 Å². The summed E-state index contributed by atoms with van der Waals surface area (Å²) in [5.74, 6) is 3.06. The minimum Gasteiger partial charge on any atom is -0.337 e. The van der Waals surface area contributed by atoms with Crippen LogP contribution in [-0.4, -0.2) is 38.4 Å². The second-order valence-corrected chi connectivity index (χ2v) is 8.58. The number of carbonyl (C=O) groups excluding carboxylic acids is 1. The van der Waals surface area contributed by atoms with Crippen LogP contribution in [0.1, 0.15) is 37.6 Å². The molecule has 134 valence electrons. The third kappa shape index (κ3) is 2.03. The van der Waals surface area contributed by atoms with Crippen LogP contribution in [0, 0.1) is 0 Å². The van der Waals surface area contributed by atoms with Crippen molar-refractivity contribution in [2.45, 2.75) is 38.4 Å². The lowest BCUT2D eigenvalue weighted by Crippen LogP contribution is -2.35. The van der Waals surface area contributed by atoms with Crippen molar-refractivity contribution >= 4 is 34.4 Å². The number of aromatic nitrogens is 4. The highest BCUT2D eigenvalue weighted by molar-refractivity contribution is 7.98. The molecule has 3 aromatic rings. The third-order valence-corrected chi connectivity index (χ3v) is 6.57. The monoisotopic (exact) mass is 367 g/mol. The number of rotatable bonds is 2. The zero-order valence-corrected chi connectivity index (χ0v) is 16.0. The first-order valence-electron chi connectivity index (χ1n) is 9.01. The van der Waals surface area contributed by atoms with Crippen LogP contribution in [0.4, 0.5) is 5.69 Å². The number of hydrogen-bond acceptors (Lipinski definition) is 4. The maximum atomic E-state index is 12.7. The number of likely N-dealkylation sites (N-methyl/N-ethyl adjacent to an activating group) is 1. The van der Waals surface area contributed by atoms with Crippen LogP contribution >= 0.6 is 11.8 Å². The van der Waals surface area contributed by atoms with E-state index in [1.807, 2.05) is 37.4 Å². The van der Waals surface area contributed by atoms with E-state index in [1.54, 1.807) is 0 Å². The van der Waals surface area contributed by atoms with Gasteiger partial charge < -0.3 is 9.88 Å². The van der Waals surface area contributed by atoms with Gasteiger partial charge in [0.2, 0.25) is 5.91 Å². The minimum atomic E-state index is -0.513. The Hall–Kier alpha value is -2.28. The summed E-state index contributed by atoms with van der Waals surface area (Å²) in [6, 6.07) is 4.12. The van der Waals surface area contributed by atoms with Gasteiger partial charge in [0.15, 0.2) is 5.82 Å². The molecule has 0 saturated carbocycles. The summed E-state index contributed by atoms with van der Waals surface area (Å²) in [7, 11) is 0. The van der Waals surface area contributed by atoms with Gasteiger partial charge in [0, 0.05) is 23.6 Å². The molecule has 1 amide bonds. The van der Waals surface area contributed by atoms with Gasteiger partial charge in [0.05, 0.1) is 22.1 Å². The van der Waals surface area contributed by atoms with Crippen LogP contribution in [0.3, 0.4) is 0 Å². The maximum Gasteiger partial charge on any atom is 0.237 e. The number of imidazole rings is 1. The van der Waals surface area contributed by atoms with Crippen molar-refractivity contribution in [1.82, 2.24) is 20.2 Å². The zero-order chi connectivity index (χ0) is 18.1. The number of fused-ring (bicyclic) bond motifs is 3. The number of amides is 1. The number of benzene rings is 1. The van der Waals surface area contributed by atoms with Gasteiger partial charge in [0.1, 0.15) is 5.69 Å². The van der Waals surface area contributed by atoms with E-state index in [0.717, 1.165) is 51.7 Å². The Morgan fingerprint density at radius 1 is 1.35 bits per heavy atom. The predicted octanol–water partition coefficient (Wildman–Crippen LogP) is 3.39. The number of thioether (sulfide) groups is 1. The highest BCUT2D eigenvalue weighted by atomic mass is 32.2. The Bertz CT molecular complexity index is 1050. The molecule has 0 unspecified atom stereocenters. The average Bonchev–Trinajstić information content (AvgIpc) is 3.28. The number of aromatic amines is 2. The molecular weight excluding hydrogens is 346 g/mol. The first-order valence-corrected chi connectivity index (χ1v) is 10.2. The number of nitrogens with zero attached hydrogens (tertiary/aromatic N) is 3. The van der Waals surface area contributed by atoms with Crippen molar-refractivity contribution in [2.75, 3.05) is 17.2 Å². The van der Waals surface area contributed by atoms with Crippen LogP contribution in [0.25, 0.3) is 22.6 Å². The number of aryl methyl sites for hydroxylation is 1. The number of carbonyl (C=O) groups is 1. The van der Waals surface area contributed by atoms with Crippen LogP contribution in [0.5, 0.6) is 0 Å². The van der Waals surface area contributed by atoms with Gasteiger partial charge in [-0.05, 0) is 50.6 Å². The molecule has 0 spiro atoms. The van der Waals surface area contributed by atoms with Gasteiger partial charge in [-0.3, -0.25) is 9.89 Å². The normalized spacial score (nSPS) is 18.4. The van der Waals surface area contributed by atoms with E-state index >= 15 is 0 Å².